The van der Waals surface area contributed by atoms with E-state index in [4.69, 9.17) is 11.6 Å². The predicted octanol–water partition coefficient (Wildman–Crippen LogP) is 2.47. The number of nitrogens with one attached hydrogen (secondary N) is 1. The lowest BCUT2D eigenvalue weighted by molar-refractivity contribution is -0.137. The lowest BCUT2D eigenvalue weighted by Gasteiger charge is -2.22. The van der Waals surface area contributed by atoms with Gasteiger partial charge in [0.25, 0.3) is 0 Å². The number of sulfonamides is 1. The van der Waals surface area contributed by atoms with E-state index in [2.05, 4.69) is 4.98 Å². The van der Waals surface area contributed by atoms with Crippen molar-refractivity contribution >= 4 is 21.6 Å². The molecule has 0 atom stereocenters. The smallest absolute Gasteiger partial charge is 0.363 e. The fourth-order valence-corrected chi connectivity index (χ4v) is 3.57. The molecule has 19 heavy (non-hydrogen) atoms. The molecule has 0 aliphatic heterocycles. The molecule has 1 aliphatic rings. The third-order valence-corrected chi connectivity index (χ3v) is 4.92. The van der Waals surface area contributed by atoms with Gasteiger partial charge in [0, 0.05) is 17.9 Å². The zero-order valence-electron chi connectivity index (χ0n) is 9.74. The van der Waals surface area contributed by atoms with Gasteiger partial charge in [0.1, 0.15) is 6.54 Å². The van der Waals surface area contributed by atoms with Crippen molar-refractivity contribution < 1.29 is 21.6 Å². The Bertz CT molecular complexity index is 551. The molecule has 108 valence electrons. The molecule has 1 N–H and O–H groups in total. The molecule has 0 radical (unpaired) electrons. The van der Waals surface area contributed by atoms with Gasteiger partial charge in [0.05, 0.1) is 10.8 Å². The number of alkyl halides is 4. The molecule has 1 aromatic rings. The van der Waals surface area contributed by atoms with Crippen molar-refractivity contribution in [3.63, 3.8) is 0 Å². The fourth-order valence-electron chi connectivity index (χ4n) is 1.73. The summed E-state index contributed by atoms with van der Waals surface area (Å²) >= 11 is 5.53. The molecule has 1 saturated carbocycles. The number of hydrogen-bond donors (Lipinski definition) is 1. The third kappa shape index (κ3) is 3.43. The Labute approximate surface area is 113 Å². The molecule has 0 aromatic carbocycles. The van der Waals surface area contributed by atoms with Crippen LogP contribution in [0.3, 0.4) is 0 Å². The summed E-state index contributed by atoms with van der Waals surface area (Å²) in [5.74, 6) is 0.0677. The first-order valence-electron chi connectivity index (χ1n) is 5.56. The summed E-state index contributed by atoms with van der Waals surface area (Å²) in [4.78, 5) is 2.44. The summed E-state index contributed by atoms with van der Waals surface area (Å²) in [6.45, 7) is -1.46. The molecule has 4 nitrogen and oxygen atoms in total. The van der Waals surface area contributed by atoms with Gasteiger partial charge in [-0.3, -0.25) is 0 Å². The second kappa shape index (κ2) is 4.99. The van der Waals surface area contributed by atoms with Gasteiger partial charge in [-0.05, 0) is 18.9 Å². The first-order chi connectivity index (χ1) is 8.74. The average Bonchev–Trinajstić information content (AvgIpc) is 3.00. The normalized spacial score (nSPS) is 17.1. The van der Waals surface area contributed by atoms with Gasteiger partial charge >= 0.3 is 6.18 Å². The van der Waals surface area contributed by atoms with Gasteiger partial charge in [-0.25, -0.2) is 8.42 Å². The molecule has 0 unspecified atom stereocenters. The van der Waals surface area contributed by atoms with Crippen molar-refractivity contribution in [2.24, 2.45) is 0 Å². The molecule has 0 saturated heterocycles. The van der Waals surface area contributed by atoms with Crippen molar-refractivity contribution in [1.29, 1.82) is 0 Å². The van der Waals surface area contributed by atoms with Gasteiger partial charge in [0.15, 0.2) is 0 Å². The van der Waals surface area contributed by atoms with Crippen LogP contribution in [-0.4, -0.2) is 36.5 Å². The Morgan fingerprint density at radius 1 is 1.42 bits per heavy atom. The summed E-state index contributed by atoms with van der Waals surface area (Å²) < 4.78 is 62.3. The monoisotopic (exact) mass is 316 g/mol. The minimum atomic E-state index is -4.55. The van der Waals surface area contributed by atoms with Crippen LogP contribution in [-0.2, 0) is 15.9 Å². The Kier molecular flexibility index (Phi) is 3.85. The van der Waals surface area contributed by atoms with Gasteiger partial charge in [-0.1, -0.05) is 0 Å². The number of nitrogens with zero attached hydrogens (tertiary/aromatic N) is 1. The molecule has 0 amide bonds. The van der Waals surface area contributed by atoms with Gasteiger partial charge in [-0.15, -0.1) is 11.6 Å². The molecule has 2 rings (SSSR count). The summed E-state index contributed by atoms with van der Waals surface area (Å²) in [6, 6.07) is 0.703. The van der Waals surface area contributed by atoms with Crippen LogP contribution >= 0.6 is 11.6 Å². The van der Waals surface area contributed by atoms with E-state index in [1.165, 1.54) is 12.3 Å². The molecular formula is C10H12ClF3N2O2S. The van der Waals surface area contributed by atoms with E-state index in [9.17, 15) is 21.6 Å². The molecule has 1 aromatic heterocycles. The molecule has 0 bridgehead atoms. The Hall–Kier alpha value is -0.730. The number of aromatic nitrogens is 1. The van der Waals surface area contributed by atoms with E-state index in [0.717, 1.165) is 0 Å². The second-order valence-corrected chi connectivity index (χ2v) is 6.55. The lowest BCUT2D eigenvalue weighted by atomic mass is 10.5. The first-order valence-corrected chi connectivity index (χ1v) is 7.53. The molecule has 1 fully saturated rings. The summed E-state index contributed by atoms with van der Waals surface area (Å²) in [5, 5.41) is 0. The average molecular weight is 317 g/mol. The zero-order chi connectivity index (χ0) is 14.3. The van der Waals surface area contributed by atoms with Crippen LogP contribution in [0.2, 0.25) is 0 Å². The highest BCUT2D eigenvalue weighted by molar-refractivity contribution is 7.89. The Morgan fingerprint density at radius 3 is 2.47 bits per heavy atom. The van der Waals surface area contributed by atoms with Gasteiger partial charge in [-0.2, -0.15) is 17.5 Å². The van der Waals surface area contributed by atoms with Crippen molar-refractivity contribution in [3.8, 4) is 0 Å². The van der Waals surface area contributed by atoms with Crippen molar-refractivity contribution in [1.82, 2.24) is 9.29 Å². The van der Waals surface area contributed by atoms with E-state index in [-0.39, 0.29) is 10.8 Å². The van der Waals surface area contributed by atoms with Crippen LogP contribution in [0, 0.1) is 0 Å². The van der Waals surface area contributed by atoms with Crippen LogP contribution in [0.1, 0.15) is 18.5 Å². The Morgan fingerprint density at radius 2 is 2.05 bits per heavy atom. The number of rotatable bonds is 5. The summed E-state index contributed by atoms with van der Waals surface area (Å²) in [6.07, 6.45) is -2.47. The van der Waals surface area contributed by atoms with E-state index in [1.807, 2.05) is 0 Å². The van der Waals surface area contributed by atoms with Crippen molar-refractivity contribution in [2.75, 3.05) is 6.54 Å². The largest absolute Gasteiger partial charge is 0.402 e. The summed E-state index contributed by atoms with van der Waals surface area (Å²) in [7, 11) is -4.14. The molecule has 9 heteroatoms. The van der Waals surface area contributed by atoms with E-state index in [1.54, 1.807) is 0 Å². The Balaban J connectivity index is 2.29. The van der Waals surface area contributed by atoms with Gasteiger partial charge < -0.3 is 4.98 Å². The van der Waals surface area contributed by atoms with Crippen LogP contribution in [0.4, 0.5) is 13.2 Å². The minimum absolute atomic E-state index is 0.0677. The maximum absolute atomic E-state index is 12.5. The van der Waals surface area contributed by atoms with Crippen LogP contribution in [0.25, 0.3) is 0 Å². The summed E-state index contributed by atoms with van der Waals surface area (Å²) in [5.41, 5.74) is 0.447. The van der Waals surface area contributed by atoms with Crippen LogP contribution in [0.15, 0.2) is 17.2 Å². The number of aromatic amines is 1. The van der Waals surface area contributed by atoms with Crippen LogP contribution in [0.5, 0.6) is 0 Å². The highest BCUT2D eigenvalue weighted by Crippen LogP contribution is 2.34. The third-order valence-electron chi connectivity index (χ3n) is 2.76. The quantitative estimate of drug-likeness (QED) is 0.848. The zero-order valence-corrected chi connectivity index (χ0v) is 11.3. The standard InChI is InChI=1S/C10H12ClF3N2O2S/c11-4-7-3-9(5-15-7)19(17,18)16(8-1-2-8)6-10(12,13)14/h3,5,8,15H,1-2,4,6H2. The maximum Gasteiger partial charge on any atom is 0.402 e. The second-order valence-electron chi connectivity index (χ2n) is 4.39. The fraction of sp³-hybridized carbons (Fsp3) is 0.600. The van der Waals surface area contributed by atoms with E-state index in [0.29, 0.717) is 22.8 Å². The van der Waals surface area contributed by atoms with Crippen LogP contribution < -0.4 is 0 Å². The highest BCUT2D eigenvalue weighted by Gasteiger charge is 2.44. The molecule has 1 heterocycles. The predicted molar refractivity (Wildman–Crippen MR) is 63.3 cm³/mol. The molecular weight excluding hydrogens is 305 g/mol. The molecule has 0 spiro atoms. The van der Waals surface area contributed by atoms with Crippen molar-refractivity contribution in [3.05, 3.63) is 18.0 Å². The number of H-pyrrole nitrogens is 1. The minimum Gasteiger partial charge on any atom is -0.363 e. The SMILES string of the molecule is O=S(=O)(c1c[nH]c(CCl)c1)N(CC(F)(F)F)C1CC1. The van der Waals surface area contributed by atoms with Gasteiger partial charge in [0.2, 0.25) is 10.0 Å². The topological polar surface area (TPSA) is 53.2 Å². The lowest BCUT2D eigenvalue weighted by Crippen LogP contribution is -2.40. The first kappa shape index (κ1) is 14.7. The van der Waals surface area contributed by atoms with Crippen molar-refractivity contribution in [2.45, 2.75) is 35.8 Å². The number of hydrogen-bond acceptors (Lipinski definition) is 2. The highest BCUT2D eigenvalue weighted by atomic mass is 35.5. The van der Waals surface area contributed by atoms with E-state index < -0.39 is 28.8 Å². The van der Waals surface area contributed by atoms with E-state index >= 15 is 0 Å². The maximum atomic E-state index is 12.5. The molecule has 1 aliphatic carbocycles. The number of halogens is 4.